The number of ether oxygens (including phenoxy) is 1. The predicted octanol–water partition coefficient (Wildman–Crippen LogP) is 3.46. The molecule has 0 amide bonds. The summed E-state index contributed by atoms with van der Waals surface area (Å²) in [5.41, 5.74) is 0. The maximum Gasteiger partial charge on any atom is 0.0508 e. The minimum atomic E-state index is 0.387. The smallest absolute Gasteiger partial charge is 0.0508 e. The molecule has 0 aromatic rings. The minimum Gasteiger partial charge on any atom is -0.381 e. The standard InChI is InChI=1S/C13H21ClO/c14-13-3-4-15-8-12(13)7-11-6-9-1-2-10(11)5-9/h9-13H,1-8H2. The molecule has 3 rings (SSSR count). The first-order valence-electron chi connectivity index (χ1n) is 6.54. The third-order valence-corrected chi connectivity index (χ3v) is 5.45. The number of halogens is 1. The van der Waals surface area contributed by atoms with Crippen LogP contribution in [0.1, 0.15) is 38.5 Å². The molecule has 5 unspecified atom stereocenters. The molecule has 15 heavy (non-hydrogen) atoms. The van der Waals surface area contributed by atoms with Gasteiger partial charge in [0.25, 0.3) is 0 Å². The summed E-state index contributed by atoms with van der Waals surface area (Å²) in [4.78, 5) is 0. The number of alkyl halides is 1. The fraction of sp³-hybridized carbons (Fsp3) is 1.00. The van der Waals surface area contributed by atoms with Gasteiger partial charge < -0.3 is 4.74 Å². The molecule has 0 aromatic carbocycles. The summed E-state index contributed by atoms with van der Waals surface area (Å²) in [7, 11) is 0. The van der Waals surface area contributed by atoms with Crippen LogP contribution in [-0.4, -0.2) is 18.6 Å². The van der Waals surface area contributed by atoms with E-state index < -0.39 is 0 Å². The Kier molecular flexibility index (Phi) is 2.95. The van der Waals surface area contributed by atoms with Crippen molar-refractivity contribution in [2.24, 2.45) is 23.7 Å². The topological polar surface area (TPSA) is 9.23 Å². The largest absolute Gasteiger partial charge is 0.381 e. The van der Waals surface area contributed by atoms with Crippen molar-refractivity contribution >= 4 is 11.6 Å². The second kappa shape index (κ2) is 4.25. The van der Waals surface area contributed by atoms with Crippen molar-refractivity contribution in [3.8, 4) is 0 Å². The SMILES string of the molecule is ClC1CCOCC1CC1CC2CCC1C2. The van der Waals surface area contributed by atoms with Crippen LogP contribution in [0.3, 0.4) is 0 Å². The van der Waals surface area contributed by atoms with Gasteiger partial charge >= 0.3 is 0 Å². The van der Waals surface area contributed by atoms with Crippen LogP contribution in [-0.2, 0) is 4.74 Å². The summed E-state index contributed by atoms with van der Waals surface area (Å²) in [6.45, 7) is 1.80. The monoisotopic (exact) mass is 228 g/mol. The third kappa shape index (κ3) is 2.06. The maximum absolute atomic E-state index is 6.38. The lowest BCUT2D eigenvalue weighted by molar-refractivity contribution is 0.0438. The van der Waals surface area contributed by atoms with Gasteiger partial charge in [-0.2, -0.15) is 0 Å². The van der Waals surface area contributed by atoms with E-state index in [1.165, 1.54) is 32.1 Å². The molecule has 2 saturated carbocycles. The maximum atomic E-state index is 6.38. The van der Waals surface area contributed by atoms with Crippen LogP contribution in [0.4, 0.5) is 0 Å². The molecule has 3 fully saturated rings. The molecule has 0 spiro atoms. The average molecular weight is 229 g/mol. The van der Waals surface area contributed by atoms with Gasteiger partial charge in [0.1, 0.15) is 0 Å². The molecular weight excluding hydrogens is 208 g/mol. The Morgan fingerprint density at radius 2 is 2.00 bits per heavy atom. The highest BCUT2D eigenvalue weighted by Crippen LogP contribution is 2.51. The van der Waals surface area contributed by atoms with E-state index in [2.05, 4.69) is 0 Å². The lowest BCUT2D eigenvalue weighted by atomic mass is 9.80. The summed E-state index contributed by atoms with van der Waals surface area (Å²) in [6.07, 6.45) is 8.42. The van der Waals surface area contributed by atoms with E-state index in [0.29, 0.717) is 11.3 Å². The van der Waals surface area contributed by atoms with Gasteiger partial charge in [-0.1, -0.05) is 6.42 Å². The molecule has 0 aromatic heterocycles. The van der Waals surface area contributed by atoms with Crippen LogP contribution in [0.2, 0.25) is 0 Å². The number of rotatable bonds is 2. The van der Waals surface area contributed by atoms with E-state index in [1.807, 2.05) is 0 Å². The highest BCUT2D eigenvalue weighted by atomic mass is 35.5. The molecule has 86 valence electrons. The van der Waals surface area contributed by atoms with Gasteiger partial charge in [0.15, 0.2) is 0 Å². The van der Waals surface area contributed by atoms with Crippen molar-refractivity contribution in [1.82, 2.24) is 0 Å². The van der Waals surface area contributed by atoms with Crippen molar-refractivity contribution in [3.63, 3.8) is 0 Å². The zero-order chi connectivity index (χ0) is 10.3. The normalized spacial score (nSPS) is 49.8. The molecule has 1 nitrogen and oxygen atoms in total. The van der Waals surface area contributed by atoms with Crippen LogP contribution in [0.15, 0.2) is 0 Å². The van der Waals surface area contributed by atoms with Gasteiger partial charge in [-0.25, -0.2) is 0 Å². The fourth-order valence-electron chi connectivity index (χ4n) is 4.04. The Balaban J connectivity index is 1.56. The number of hydrogen-bond acceptors (Lipinski definition) is 1. The first kappa shape index (κ1) is 10.4. The second-order valence-electron chi connectivity index (χ2n) is 5.81. The molecule has 1 saturated heterocycles. The van der Waals surface area contributed by atoms with Crippen molar-refractivity contribution in [1.29, 1.82) is 0 Å². The van der Waals surface area contributed by atoms with Crippen LogP contribution < -0.4 is 0 Å². The zero-order valence-corrected chi connectivity index (χ0v) is 10.1. The van der Waals surface area contributed by atoms with E-state index in [-0.39, 0.29) is 0 Å². The molecular formula is C13H21ClO. The Morgan fingerprint density at radius 1 is 1.07 bits per heavy atom. The molecule has 0 N–H and O–H groups in total. The lowest BCUT2D eigenvalue weighted by Crippen LogP contribution is -2.30. The van der Waals surface area contributed by atoms with Crippen LogP contribution in [0, 0.1) is 23.7 Å². The second-order valence-corrected chi connectivity index (χ2v) is 6.37. The van der Waals surface area contributed by atoms with E-state index in [0.717, 1.165) is 37.4 Å². The molecule has 0 radical (unpaired) electrons. The molecule has 1 aliphatic heterocycles. The lowest BCUT2D eigenvalue weighted by Gasteiger charge is -2.32. The molecule has 1 heterocycles. The molecule has 5 atom stereocenters. The van der Waals surface area contributed by atoms with Gasteiger partial charge in [0, 0.05) is 12.0 Å². The first-order chi connectivity index (χ1) is 7.33. The van der Waals surface area contributed by atoms with Crippen LogP contribution >= 0.6 is 11.6 Å². The first-order valence-corrected chi connectivity index (χ1v) is 6.98. The van der Waals surface area contributed by atoms with Crippen LogP contribution in [0.25, 0.3) is 0 Å². The van der Waals surface area contributed by atoms with Gasteiger partial charge in [-0.05, 0) is 55.8 Å². The molecule has 2 aliphatic carbocycles. The van der Waals surface area contributed by atoms with E-state index in [4.69, 9.17) is 16.3 Å². The molecule has 3 aliphatic rings. The zero-order valence-electron chi connectivity index (χ0n) is 9.33. The van der Waals surface area contributed by atoms with E-state index in [9.17, 15) is 0 Å². The third-order valence-electron chi connectivity index (χ3n) is 4.87. The van der Waals surface area contributed by atoms with Gasteiger partial charge in [0.2, 0.25) is 0 Å². The predicted molar refractivity (Wildman–Crippen MR) is 62.1 cm³/mol. The summed E-state index contributed by atoms with van der Waals surface area (Å²) in [5, 5.41) is 0.387. The van der Waals surface area contributed by atoms with Crippen LogP contribution in [0.5, 0.6) is 0 Å². The van der Waals surface area contributed by atoms with Crippen molar-refractivity contribution in [2.75, 3.05) is 13.2 Å². The van der Waals surface area contributed by atoms with Gasteiger partial charge in [-0.3, -0.25) is 0 Å². The van der Waals surface area contributed by atoms with Crippen molar-refractivity contribution < 1.29 is 4.74 Å². The van der Waals surface area contributed by atoms with E-state index >= 15 is 0 Å². The van der Waals surface area contributed by atoms with Gasteiger partial charge in [0.05, 0.1) is 6.61 Å². The van der Waals surface area contributed by atoms with E-state index in [1.54, 1.807) is 0 Å². The number of hydrogen-bond donors (Lipinski definition) is 0. The van der Waals surface area contributed by atoms with Crippen molar-refractivity contribution in [3.05, 3.63) is 0 Å². The number of fused-ring (bicyclic) bond motifs is 2. The Bertz CT molecular complexity index is 231. The Labute approximate surface area is 97.5 Å². The summed E-state index contributed by atoms with van der Waals surface area (Å²) in [5.74, 6) is 3.74. The molecule has 2 heteroatoms. The Hall–Kier alpha value is 0.250. The average Bonchev–Trinajstić information content (AvgIpc) is 2.83. The van der Waals surface area contributed by atoms with Gasteiger partial charge in [-0.15, -0.1) is 11.6 Å². The fourth-order valence-corrected chi connectivity index (χ4v) is 4.31. The summed E-state index contributed by atoms with van der Waals surface area (Å²) in [6, 6.07) is 0. The highest BCUT2D eigenvalue weighted by Gasteiger charge is 2.41. The highest BCUT2D eigenvalue weighted by molar-refractivity contribution is 6.20. The minimum absolute atomic E-state index is 0.387. The molecule has 2 bridgehead atoms. The quantitative estimate of drug-likeness (QED) is 0.658. The summed E-state index contributed by atoms with van der Waals surface area (Å²) < 4.78 is 5.56. The summed E-state index contributed by atoms with van der Waals surface area (Å²) >= 11 is 6.38. The van der Waals surface area contributed by atoms with Crippen molar-refractivity contribution in [2.45, 2.75) is 43.9 Å². The Morgan fingerprint density at radius 3 is 2.67 bits per heavy atom.